The molecule has 0 aromatic carbocycles. The second kappa shape index (κ2) is 11.4. The lowest BCUT2D eigenvalue weighted by molar-refractivity contribution is 0.549. The summed E-state index contributed by atoms with van der Waals surface area (Å²) in [5.41, 5.74) is 2.09. The molecule has 0 radical (unpaired) electrons. The highest BCUT2D eigenvalue weighted by Gasteiger charge is 2.00. The van der Waals surface area contributed by atoms with Gasteiger partial charge in [-0.2, -0.15) is 0 Å². The summed E-state index contributed by atoms with van der Waals surface area (Å²) in [4.78, 5) is 0.879. The first kappa shape index (κ1) is 20.8. The minimum atomic E-state index is 0.335. The van der Waals surface area contributed by atoms with E-state index < -0.39 is 0 Å². The van der Waals surface area contributed by atoms with E-state index in [4.69, 9.17) is 0 Å². The van der Waals surface area contributed by atoms with Crippen molar-refractivity contribution in [3.63, 3.8) is 0 Å². The van der Waals surface area contributed by atoms with Crippen molar-refractivity contribution in [3.8, 4) is 0 Å². The van der Waals surface area contributed by atoms with Crippen molar-refractivity contribution in [1.29, 1.82) is 0 Å². The van der Waals surface area contributed by atoms with E-state index in [2.05, 4.69) is 82.7 Å². The van der Waals surface area contributed by atoms with Crippen molar-refractivity contribution in [2.24, 2.45) is 0 Å². The van der Waals surface area contributed by atoms with Gasteiger partial charge >= 0.3 is 0 Å². The first-order valence-electron chi connectivity index (χ1n) is 7.89. The average Bonchev–Trinajstić information content (AvgIpc) is 2.42. The van der Waals surface area contributed by atoms with E-state index in [-0.39, 0.29) is 0 Å². The van der Waals surface area contributed by atoms with Gasteiger partial charge in [-0.1, -0.05) is 44.7 Å². The minimum Gasteiger partial charge on any atom is -0.388 e. The van der Waals surface area contributed by atoms with Crippen molar-refractivity contribution in [2.75, 3.05) is 0 Å². The van der Waals surface area contributed by atoms with E-state index in [0.29, 0.717) is 18.1 Å². The highest BCUT2D eigenvalue weighted by atomic mass is 32.1. The molecule has 0 aliphatic rings. The van der Waals surface area contributed by atoms with Crippen LogP contribution in [0.2, 0.25) is 0 Å². The maximum Gasteiger partial charge on any atom is 0.0227 e. The Kier molecular flexibility index (Phi) is 10.8. The van der Waals surface area contributed by atoms with E-state index in [9.17, 15) is 0 Å². The molecule has 1 unspecified atom stereocenters. The first-order valence-corrected chi connectivity index (χ1v) is 8.34. The summed E-state index contributed by atoms with van der Waals surface area (Å²) < 4.78 is 0. The Hall–Kier alpha value is -1.19. The Morgan fingerprint density at radius 2 is 1.64 bits per heavy atom. The topological polar surface area (TPSA) is 24.1 Å². The van der Waals surface area contributed by atoms with Crippen molar-refractivity contribution in [3.05, 3.63) is 59.2 Å². The molecule has 0 saturated carbocycles. The molecule has 0 fully saturated rings. The number of hydrogen-bond acceptors (Lipinski definition) is 3. The van der Waals surface area contributed by atoms with Gasteiger partial charge in [0.1, 0.15) is 0 Å². The highest BCUT2D eigenvalue weighted by molar-refractivity contribution is 7.84. The minimum absolute atomic E-state index is 0.335. The highest BCUT2D eigenvalue weighted by Crippen LogP contribution is 2.13. The van der Waals surface area contributed by atoms with Gasteiger partial charge < -0.3 is 10.6 Å². The van der Waals surface area contributed by atoms with Gasteiger partial charge in [-0.05, 0) is 44.9 Å². The molecule has 0 bridgehead atoms. The molecule has 124 valence electrons. The molecule has 2 nitrogen and oxygen atoms in total. The number of thiol groups is 1. The molecular formula is C19H32N2S. The summed E-state index contributed by atoms with van der Waals surface area (Å²) in [6.45, 7) is 16.8. The average molecular weight is 321 g/mol. The Labute approximate surface area is 142 Å². The predicted molar refractivity (Wildman–Crippen MR) is 104 cm³/mol. The Morgan fingerprint density at radius 3 is 2.14 bits per heavy atom. The summed E-state index contributed by atoms with van der Waals surface area (Å²) in [7, 11) is 0. The molecule has 0 aromatic heterocycles. The smallest absolute Gasteiger partial charge is 0.0227 e. The molecule has 3 heteroatoms. The summed E-state index contributed by atoms with van der Waals surface area (Å²) >= 11 is 4.42. The van der Waals surface area contributed by atoms with Gasteiger partial charge in [0.2, 0.25) is 0 Å². The molecular weight excluding hydrogens is 288 g/mol. The molecule has 0 heterocycles. The van der Waals surface area contributed by atoms with Crippen molar-refractivity contribution >= 4 is 12.6 Å². The lowest BCUT2D eigenvalue weighted by Crippen LogP contribution is -2.30. The van der Waals surface area contributed by atoms with Crippen molar-refractivity contribution in [2.45, 2.75) is 59.7 Å². The third-order valence-corrected chi connectivity index (χ3v) is 3.14. The molecule has 0 aliphatic heterocycles. The number of nitrogens with one attached hydrogen (secondary N) is 2. The summed E-state index contributed by atoms with van der Waals surface area (Å²) in [6, 6.07) is 1.21. The van der Waals surface area contributed by atoms with Gasteiger partial charge in [-0.25, -0.2) is 0 Å². The van der Waals surface area contributed by atoms with Crippen LogP contribution in [0.5, 0.6) is 0 Å². The number of rotatable bonds is 9. The number of hydrogen-bond donors (Lipinski definition) is 3. The monoisotopic (exact) mass is 320 g/mol. The van der Waals surface area contributed by atoms with Crippen LogP contribution < -0.4 is 10.6 Å². The molecule has 0 rings (SSSR count). The lowest BCUT2D eigenvalue weighted by Gasteiger charge is -2.13. The fourth-order valence-corrected chi connectivity index (χ4v) is 1.95. The lowest BCUT2D eigenvalue weighted by atomic mass is 10.1. The molecule has 0 saturated heterocycles. The van der Waals surface area contributed by atoms with Gasteiger partial charge in [0.15, 0.2) is 0 Å². The Morgan fingerprint density at radius 1 is 1.00 bits per heavy atom. The Bertz CT molecular complexity index is 454. The van der Waals surface area contributed by atoms with Crippen LogP contribution in [0, 0.1) is 0 Å². The van der Waals surface area contributed by atoms with Crippen LogP contribution in [0.4, 0.5) is 0 Å². The normalized spacial score (nSPS) is 15.3. The van der Waals surface area contributed by atoms with Gasteiger partial charge in [-0.15, -0.1) is 12.6 Å². The van der Waals surface area contributed by atoms with E-state index >= 15 is 0 Å². The van der Waals surface area contributed by atoms with E-state index in [1.807, 2.05) is 25.3 Å². The zero-order valence-electron chi connectivity index (χ0n) is 14.9. The maximum absolute atomic E-state index is 4.42. The first-order chi connectivity index (χ1) is 10.3. The van der Waals surface area contributed by atoms with Crippen LogP contribution in [0.25, 0.3) is 0 Å². The molecule has 2 N–H and O–H groups in total. The maximum atomic E-state index is 4.42. The van der Waals surface area contributed by atoms with Crippen LogP contribution >= 0.6 is 12.6 Å². The number of allylic oxidation sites excluding steroid dienone is 6. The molecule has 0 spiro atoms. The second-order valence-electron chi connectivity index (χ2n) is 5.96. The van der Waals surface area contributed by atoms with E-state index in [1.54, 1.807) is 0 Å². The van der Waals surface area contributed by atoms with Gasteiger partial charge in [-0.3, -0.25) is 0 Å². The second-order valence-corrected chi connectivity index (χ2v) is 6.48. The van der Waals surface area contributed by atoms with Crippen LogP contribution in [-0.2, 0) is 0 Å². The SMILES string of the molecule is C=C(/C=C\C(S)=C/NC(C)C)C(/C=C\C(C)NC(C)C)=C/C. The van der Waals surface area contributed by atoms with E-state index in [1.165, 1.54) is 0 Å². The zero-order valence-corrected chi connectivity index (χ0v) is 15.7. The van der Waals surface area contributed by atoms with Gasteiger partial charge in [0.05, 0.1) is 0 Å². The fourth-order valence-electron chi connectivity index (χ4n) is 1.80. The molecule has 0 amide bonds. The standard InChI is InChI=1S/C19H32N2S/c1-8-18(11-10-17(7)21-15(4)5)16(6)9-12-19(22)13-20-14(2)3/h8-15,17,20-22H,6H2,1-5,7H3/b11-10-,12-9-,18-8+,19-13+. The predicted octanol–water partition coefficient (Wildman–Crippen LogP) is 4.76. The molecule has 22 heavy (non-hydrogen) atoms. The summed E-state index contributed by atoms with van der Waals surface area (Å²) in [5, 5.41) is 6.66. The molecule has 0 aliphatic carbocycles. The van der Waals surface area contributed by atoms with Crippen molar-refractivity contribution in [1.82, 2.24) is 10.6 Å². The van der Waals surface area contributed by atoms with Crippen LogP contribution in [0.1, 0.15) is 41.5 Å². The molecule has 1 atom stereocenters. The Balaban J connectivity index is 4.67. The molecule has 0 aromatic rings. The summed E-state index contributed by atoms with van der Waals surface area (Å²) in [6.07, 6.45) is 12.2. The van der Waals surface area contributed by atoms with Crippen molar-refractivity contribution < 1.29 is 0 Å². The van der Waals surface area contributed by atoms with Gasteiger partial charge in [0, 0.05) is 29.2 Å². The largest absolute Gasteiger partial charge is 0.388 e. The third-order valence-electron chi connectivity index (χ3n) is 2.86. The van der Waals surface area contributed by atoms with Crippen LogP contribution in [-0.4, -0.2) is 18.1 Å². The van der Waals surface area contributed by atoms with Crippen LogP contribution in [0.15, 0.2) is 59.2 Å². The quantitative estimate of drug-likeness (QED) is 0.421. The summed E-state index contributed by atoms with van der Waals surface area (Å²) in [5.74, 6) is 0. The third kappa shape index (κ3) is 10.5. The van der Waals surface area contributed by atoms with E-state index in [0.717, 1.165) is 16.1 Å². The fraction of sp³-hybridized carbons (Fsp3) is 0.474. The van der Waals surface area contributed by atoms with Crippen LogP contribution in [0.3, 0.4) is 0 Å². The zero-order chi connectivity index (χ0) is 17.1. The van der Waals surface area contributed by atoms with Gasteiger partial charge in [0.25, 0.3) is 0 Å².